The van der Waals surface area contributed by atoms with Gasteiger partial charge in [-0.2, -0.15) is 0 Å². The summed E-state index contributed by atoms with van der Waals surface area (Å²) in [4.78, 5) is 12.1. The molecule has 0 amide bonds. The molecule has 5 nitrogen and oxygen atoms in total. The first-order valence-electron chi connectivity index (χ1n) is 7.22. The summed E-state index contributed by atoms with van der Waals surface area (Å²) in [6.45, 7) is 3.06. The lowest BCUT2D eigenvalue weighted by Gasteiger charge is -2.12. The van der Waals surface area contributed by atoms with Crippen molar-refractivity contribution in [2.45, 2.75) is 6.92 Å². The molecule has 0 spiro atoms. The molecule has 2 aromatic rings. The van der Waals surface area contributed by atoms with Crippen molar-refractivity contribution < 1.29 is 9.47 Å². The number of hydrogen-bond acceptors (Lipinski definition) is 4. The van der Waals surface area contributed by atoms with Gasteiger partial charge in [-0.1, -0.05) is 12.1 Å². The number of thiocarbonyl (C=S) groups is 1. The number of benzene rings is 2. The largest absolute Gasteiger partial charge is 0.494 e. The topological polar surface area (TPSA) is 55.5 Å². The van der Waals surface area contributed by atoms with E-state index in [0.717, 1.165) is 27.8 Å². The smallest absolute Gasteiger partial charge is 0.220 e. The standard InChI is InChI=1S/C10H11NO2.C7H4N2S/c1-2-12-9-3-4-10-8(5-9)6-11-7-13-10;10-7-8-5-3-1-2-4-6(5)9-7/h3-6H,2,7H2,1H3;1-4H. The van der Waals surface area contributed by atoms with E-state index in [-0.39, 0.29) is 0 Å². The lowest BCUT2D eigenvalue weighted by Crippen LogP contribution is -2.19. The highest BCUT2D eigenvalue weighted by molar-refractivity contribution is 7.80. The predicted octanol–water partition coefficient (Wildman–Crippen LogP) is 2.08. The van der Waals surface area contributed by atoms with Crippen molar-refractivity contribution in [3.05, 3.63) is 58.7 Å². The highest BCUT2D eigenvalue weighted by atomic mass is 32.1. The van der Waals surface area contributed by atoms with E-state index in [0.29, 0.717) is 18.5 Å². The molecule has 0 saturated carbocycles. The fourth-order valence-corrected chi connectivity index (χ4v) is 2.34. The number of hydrogen-bond donors (Lipinski definition) is 0. The van der Waals surface area contributed by atoms with E-state index in [1.54, 1.807) is 6.21 Å². The average Bonchev–Trinajstić information content (AvgIpc) is 2.96. The van der Waals surface area contributed by atoms with Crippen LogP contribution in [0.15, 0.2) is 57.4 Å². The Morgan fingerprint density at radius 3 is 2.57 bits per heavy atom. The first-order valence-corrected chi connectivity index (χ1v) is 7.63. The molecule has 2 aliphatic heterocycles. The number of para-hydroxylation sites is 2. The van der Waals surface area contributed by atoms with Crippen LogP contribution < -0.4 is 20.2 Å². The third-order valence-corrected chi connectivity index (χ3v) is 3.31. The Kier molecular flexibility index (Phi) is 4.73. The lowest BCUT2D eigenvalue weighted by molar-refractivity contribution is 0.321. The van der Waals surface area contributed by atoms with Crippen LogP contribution in [0, 0.1) is 0 Å². The summed E-state index contributed by atoms with van der Waals surface area (Å²) >= 11 is 4.79. The molecule has 116 valence electrons. The van der Waals surface area contributed by atoms with Gasteiger partial charge in [0.05, 0.1) is 17.3 Å². The number of rotatable bonds is 2. The molecular formula is C17H15N3O2S. The van der Waals surface area contributed by atoms with Crippen LogP contribution in [0.25, 0.3) is 0 Å². The Labute approximate surface area is 139 Å². The zero-order chi connectivity index (χ0) is 16.1. The van der Waals surface area contributed by atoms with Crippen molar-refractivity contribution in [1.82, 2.24) is 0 Å². The molecule has 0 atom stereocenters. The summed E-state index contributed by atoms with van der Waals surface area (Å²) in [5.74, 6) is 1.73. The Hall–Kier alpha value is -2.60. The second-order valence-electron chi connectivity index (χ2n) is 4.71. The monoisotopic (exact) mass is 325 g/mol. The number of aliphatic imine (C=N–C) groups is 1. The first-order chi connectivity index (χ1) is 11.3. The molecule has 0 fully saturated rings. The molecule has 0 bridgehead atoms. The van der Waals surface area contributed by atoms with E-state index in [9.17, 15) is 0 Å². The molecular weight excluding hydrogens is 310 g/mol. The summed E-state index contributed by atoms with van der Waals surface area (Å²) < 4.78 is 10.7. The fraction of sp³-hybridized carbons (Fsp3) is 0.176. The molecule has 2 aromatic carbocycles. The molecule has 0 saturated heterocycles. The van der Waals surface area contributed by atoms with Crippen molar-refractivity contribution in [2.75, 3.05) is 13.3 Å². The average molecular weight is 325 g/mol. The maximum absolute atomic E-state index is 5.35. The molecule has 0 aliphatic carbocycles. The van der Waals surface area contributed by atoms with Crippen LogP contribution in [-0.4, -0.2) is 24.7 Å². The normalized spacial score (nSPS) is 13.5. The van der Waals surface area contributed by atoms with E-state index in [1.165, 1.54) is 0 Å². The van der Waals surface area contributed by atoms with Crippen LogP contribution in [0.1, 0.15) is 12.5 Å². The van der Waals surface area contributed by atoms with Crippen molar-refractivity contribution in [2.24, 2.45) is 15.0 Å². The van der Waals surface area contributed by atoms with Crippen LogP contribution in [0.2, 0.25) is 0 Å². The van der Waals surface area contributed by atoms with Crippen LogP contribution in [-0.2, 0) is 0 Å². The molecule has 0 aromatic heterocycles. The van der Waals surface area contributed by atoms with Gasteiger partial charge in [-0.25, -0.2) is 9.98 Å². The number of ether oxygens (including phenoxy) is 2. The Morgan fingerprint density at radius 2 is 1.87 bits per heavy atom. The van der Waals surface area contributed by atoms with Crippen LogP contribution in [0.5, 0.6) is 11.5 Å². The number of fused-ring (bicyclic) bond motifs is 2. The molecule has 0 unspecified atom stereocenters. The van der Waals surface area contributed by atoms with E-state index in [2.05, 4.69) is 15.0 Å². The minimum Gasteiger partial charge on any atom is -0.494 e. The Balaban J connectivity index is 0.000000140. The third kappa shape index (κ3) is 3.78. The molecule has 6 heteroatoms. The summed E-state index contributed by atoms with van der Waals surface area (Å²) in [5, 5.41) is 2.20. The van der Waals surface area contributed by atoms with Crippen LogP contribution in [0.3, 0.4) is 0 Å². The van der Waals surface area contributed by atoms with E-state index < -0.39 is 0 Å². The second-order valence-corrected chi connectivity index (χ2v) is 5.08. The minimum atomic E-state index is 0.418. The van der Waals surface area contributed by atoms with Gasteiger partial charge in [0, 0.05) is 11.8 Å². The Morgan fingerprint density at radius 1 is 1.13 bits per heavy atom. The number of nitrogens with zero attached hydrogens (tertiary/aromatic N) is 3. The predicted molar refractivity (Wildman–Crippen MR) is 92.1 cm³/mol. The SMILES string of the molecule is CCOc1ccc2c(c1)C=NCO2.S=C1N=c2ccccc2=N1. The highest BCUT2D eigenvalue weighted by Gasteiger charge is 2.06. The van der Waals surface area contributed by atoms with Crippen molar-refractivity contribution in [3.8, 4) is 11.5 Å². The van der Waals surface area contributed by atoms with Crippen molar-refractivity contribution in [1.29, 1.82) is 0 Å². The van der Waals surface area contributed by atoms with Crippen molar-refractivity contribution >= 4 is 23.5 Å². The minimum absolute atomic E-state index is 0.418. The van der Waals surface area contributed by atoms with E-state index in [4.69, 9.17) is 21.7 Å². The molecule has 4 rings (SSSR count). The molecule has 2 aliphatic rings. The van der Waals surface area contributed by atoms with Gasteiger partial charge < -0.3 is 9.47 Å². The van der Waals surface area contributed by atoms with E-state index in [1.807, 2.05) is 49.4 Å². The zero-order valence-corrected chi connectivity index (χ0v) is 13.4. The van der Waals surface area contributed by atoms with E-state index >= 15 is 0 Å². The lowest BCUT2D eigenvalue weighted by atomic mass is 10.2. The molecule has 2 heterocycles. The first kappa shape index (κ1) is 15.3. The summed E-state index contributed by atoms with van der Waals surface area (Å²) in [5.41, 5.74) is 0.984. The fourth-order valence-electron chi connectivity index (χ4n) is 2.14. The Bertz CT molecular complexity index is 841. The molecule has 0 N–H and O–H groups in total. The molecule has 0 radical (unpaired) electrons. The maximum Gasteiger partial charge on any atom is 0.220 e. The summed E-state index contributed by atoms with van der Waals surface area (Å²) in [6.07, 6.45) is 1.81. The van der Waals surface area contributed by atoms with Crippen LogP contribution >= 0.6 is 12.2 Å². The van der Waals surface area contributed by atoms with Gasteiger partial charge in [0.1, 0.15) is 11.5 Å². The third-order valence-electron chi connectivity index (χ3n) is 3.13. The van der Waals surface area contributed by atoms with Gasteiger partial charge >= 0.3 is 0 Å². The van der Waals surface area contributed by atoms with Gasteiger partial charge in [-0.3, -0.25) is 4.99 Å². The second kappa shape index (κ2) is 7.11. The highest BCUT2D eigenvalue weighted by Crippen LogP contribution is 2.24. The van der Waals surface area contributed by atoms with Gasteiger partial charge in [0.15, 0.2) is 6.73 Å². The van der Waals surface area contributed by atoms with Crippen LogP contribution in [0.4, 0.5) is 0 Å². The van der Waals surface area contributed by atoms with Crippen molar-refractivity contribution in [3.63, 3.8) is 0 Å². The summed E-state index contributed by atoms with van der Waals surface area (Å²) in [6, 6.07) is 13.4. The maximum atomic E-state index is 5.35. The van der Waals surface area contributed by atoms with Gasteiger partial charge in [0.25, 0.3) is 0 Å². The van der Waals surface area contributed by atoms with Gasteiger partial charge in [-0.05, 0) is 49.5 Å². The summed E-state index contributed by atoms with van der Waals surface area (Å²) in [7, 11) is 0. The quantitative estimate of drug-likeness (QED) is 0.795. The molecule has 23 heavy (non-hydrogen) atoms. The zero-order valence-electron chi connectivity index (χ0n) is 12.6. The van der Waals surface area contributed by atoms with Gasteiger partial charge in [-0.15, -0.1) is 0 Å². The van der Waals surface area contributed by atoms with Gasteiger partial charge in [0.2, 0.25) is 5.11 Å².